The standard InChI is InChI=1S/C13H16F3N2O2S.Na/c1-21(19,20)17-11-9-10(13(14,15)16)5-6-12(11)18-7-3-2-4-8-18;/h5-6,9H,2-4,7-8H2,1H3;/q-1;+1. The number of nitrogens with zero attached hydrogens (tertiary/aromatic N) is 2. The van der Waals surface area contributed by atoms with E-state index < -0.39 is 21.8 Å². The molecule has 0 aromatic heterocycles. The molecule has 1 aliphatic rings. The number of rotatable bonds is 3. The van der Waals surface area contributed by atoms with Crippen LogP contribution in [0.1, 0.15) is 24.8 Å². The van der Waals surface area contributed by atoms with Crippen molar-refractivity contribution in [1.29, 1.82) is 0 Å². The minimum absolute atomic E-state index is 0. The first-order chi connectivity index (χ1) is 9.67. The fourth-order valence-electron chi connectivity index (χ4n) is 2.35. The molecule has 0 N–H and O–H groups in total. The summed E-state index contributed by atoms with van der Waals surface area (Å²) >= 11 is 0. The number of sulfonamides is 1. The van der Waals surface area contributed by atoms with Gasteiger partial charge in [-0.05, 0) is 31.4 Å². The van der Waals surface area contributed by atoms with Crippen LogP contribution in [-0.4, -0.2) is 27.8 Å². The van der Waals surface area contributed by atoms with Gasteiger partial charge in [0.05, 0.1) is 15.6 Å². The van der Waals surface area contributed by atoms with Crippen molar-refractivity contribution in [3.63, 3.8) is 0 Å². The van der Waals surface area contributed by atoms with Gasteiger partial charge in [-0.15, -0.1) is 5.69 Å². The number of anilines is 1. The van der Waals surface area contributed by atoms with Crippen LogP contribution in [0.5, 0.6) is 0 Å². The average Bonchev–Trinajstić information content (AvgIpc) is 2.36. The van der Waals surface area contributed by atoms with E-state index in [-0.39, 0.29) is 35.2 Å². The van der Waals surface area contributed by atoms with Crippen molar-refractivity contribution in [3.8, 4) is 0 Å². The number of hydrogen-bond acceptors (Lipinski definition) is 3. The van der Waals surface area contributed by atoms with E-state index in [0.29, 0.717) is 18.8 Å². The van der Waals surface area contributed by atoms with E-state index in [4.69, 9.17) is 0 Å². The molecule has 1 heterocycles. The second-order valence-electron chi connectivity index (χ2n) is 5.07. The Labute approximate surface area is 150 Å². The zero-order chi connectivity index (χ0) is 15.7. The molecule has 4 nitrogen and oxygen atoms in total. The van der Waals surface area contributed by atoms with Crippen LogP contribution in [0.2, 0.25) is 0 Å². The molecule has 0 bridgehead atoms. The minimum Gasteiger partial charge on any atom is -0.575 e. The van der Waals surface area contributed by atoms with Gasteiger partial charge in [-0.2, -0.15) is 13.2 Å². The largest absolute Gasteiger partial charge is 1.00 e. The third-order valence-corrected chi connectivity index (χ3v) is 3.79. The zero-order valence-electron chi connectivity index (χ0n) is 12.5. The molecule has 0 unspecified atom stereocenters. The fourth-order valence-corrected chi connectivity index (χ4v) is 2.86. The quantitative estimate of drug-likeness (QED) is 0.757. The number of hydrogen-bond donors (Lipinski definition) is 0. The first-order valence-corrected chi connectivity index (χ1v) is 8.41. The summed E-state index contributed by atoms with van der Waals surface area (Å²) in [5.74, 6) is 0. The summed E-state index contributed by atoms with van der Waals surface area (Å²) in [7, 11) is -3.77. The van der Waals surface area contributed by atoms with Gasteiger partial charge < -0.3 is 9.62 Å². The maximum Gasteiger partial charge on any atom is 1.00 e. The third kappa shape index (κ3) is 5.33. The first-order valence-electron chi connectivity index (χ1n) is 6.56. The first kappa shape index (κ1) is 19.6. The predicted octanol–water partition coefficient (Wildman–Crippen LogP) is 0.664. The minimum atomic E-state index is -4.53. The molecule has 0 atom stereocenters. The van der Waals surface area contributed by atoms with Crippen LogP contribution < -0.4 is 34.5 Å². The van der Waals surface area contributed by atoms with Gasteiger partial charge in [0.15, 0.2) is 0 Å². The van der Waals surface area contributed by atoms with Crippen LogP contribution in [0.3, 0.4) is 0 Å². The molecule has 2 rings (SSSR count). The van der Waals surface area contributed by atoms with Gasteiger partial charge in [0, 0.05) is 25.0 Å². The summed E-state index contributed by atoms with van der Waals surface area (Å²) in [5.41, 5.74) is -0.604. The van der Waals surface area contributed by atoms with E-state index in [1.807, 2.05) is 4.90 Å². The molecule has 0 amide bonds. The Morgan fingerprint density at radius 3 is 2.23 bits per heavy atom. The van der Waals surface area contributed by atoms with Crippen molar-refractivity contribution in [2.45, 2.75) is 25.4 Å². The van der Waals surface area contributed by atoms with E-state index in [2.05, 4.69) is 4.72 Å². The summed E-state index contributed by atoms with van der Waals surface area (Å²) in [4.78, 5) is 1.88. The summed E-state index contributed by atoms with van der Waals surface area (Å²) in [6.07, 6.45) is -0.732. The number of alkyl halides is 3. The van der Waals surface area contributed by atoms with E-state index in [1.165, 1.54) is 6.07 Å². The summed E-state index contributed by atoms with van der Waals surface area (Å²) in [6, 6.07) is 3.06. The van der Waals surface area contributed by atoms with Crippen molar-refractivity contribution in [3.05, 3.63) is 28.5 Å². The molecule has 0 spiro atoms. The maximum absolute atomic E-state index is 12.8. The Hall–Kier alpha value is -0.440. The van der Waals surface area contributed by atoms with E-state index in [0.717, 1.165) is 37.7 Å². The van der Waals surface area contributed by atoms with Crippen molar-refractivity contribution in [2.24, 2.45) is 0 Å². The smallest absolute Gasteiger partial charge is 0.575 e. The van der Waals surface area contributed by atoms with Crippen LogP contribution in [0, 0.1) is 0 Å². The second-order valence-corrected chi connectivity index (χ2v) is 6.72. The topological polar surface area (TPSA) is 51.5 Å². The normalized spacial score (nSPS) is 16.1. The van der Waals surface area contributed by atoms with Gasteiger partial charge in [0.25, 0.3) is 0 Å². The fraction of sp³-hybridized carbons (Fsp3) is 0.538. The molecule has 118 valence electrons. The SMILES string of the molecule is CS(=O)(=O)[N-]c1cc(C(F)(F)F)ccc1N1CCCCC1.[Na+]. The van der Waals surface area contributed by atoms with Crippen LogP contribution in [0.15, 0.2) is 18.2 Å². The van der Waals surface area contributed by atoms with Crippen molar-refractivity contribution in [1.82, 2.24) is 0 Å². The van der Waals surface area contributed by atoms with Gasteiger partial charge in [-0.25, -0.2) is 8.42 Å². The molecule has 1 fully saturated rings. The molecule has 1 aromatic carbocycles. The van der Waals surface area contributed by atoms with Gasteiger partial charge in [0.1, 0.15) is 0 Å². The Morgan fingerprint density at radius 2 is 1.73 bits per heavy atom. The molecule has 0 radical (unpaired) electrons. The maximum atomic E-state index is 12.8. The van der Waals surface area contributed by atoms with Gasteiger partial charge in [-0.1, -0.05) is 6.07 Å². The molecule has 0 aliphatic carbocycles. The van der Waals surface area contributed by atoms with Gasteiger partial charge in [0.2, 0.25) is 0 Å². The zero-order valence-corrected chi connectivity index (χ0v) is 15.3. The average molecular weight is 344 g/mol. The number of benzene rings is 1. The van der Waals surface area contributed by atoms with Crippen LogP contribution >= 0.6 is 0 Å². The molecule has 1 aliphatic heterocycles. The van der Waals surface area contributed by atoms with Gasteiger partial charge in [-0.3, -0.25) is 0 Å². The van der Waals surface area contributed by atoms with E-state index >= 15 is 0 Å². The van der Waals surface area contributed by atoms with E-state index in [9.17, 15) is 21.6 Å². The Morgan fingerprint density at radius 1 is 1.14 bits per heavy atom. The van der Waals surface area contributed by atoms with Crippen LogP contribution in [0.4, 0.5) is 24.5 Å². The van der Waals surface area contributed by atoms with E-state index in [1.54, 1.807) is 0 Å². The summed E-state index contributed by atoms with van der Waals surface area (Å²) in [5, 5.41) is 0. The molecule has 22 heavy (non-hydrogen) atoms. The van der Waals surface area contributed by atoms with Crippen molar-refractivity contribution >= 4 is 21.4 Å². The molecule has 1 saturated heterocycles. The molecule has 9 heteroatoms. The van der Waals surface area contributed by atoms with Crippen LogP contribution in [0.25, 0.3) is 4.72 Å². The Bertz CT molecular complexity index is 614. The monoisotopic (exact) mass is 344 g/mol. The second kappa shape index (κ2) is 7.42. The summed E-state index contributed by atoms with van der Waals surface area (Å²) < 4.78 is 64.4. The molecule has 0 saturated carbocycles. The molecular weight excluding hydrogens is 328 g/mol. The predicted molar refractivity (Wildman–Crippen MR) is 75.4 cm³/mol. The Balaban J connectivity index is 0.00000242. The molecular formula is C13H16F3N2NaO2S. The van der Waals surface area contributed by atoms with Crippen LogP contribution in [-0.2, 0) is 16.2 Å². The molecule has 1 aromatic rings. The number of piperidine rings is 1. The summed E-state index contributed by atoms with van der Waals surface area (Å²) in [6.45, 7) is 1.38. The number of halogens is 3. The van der Waals surface area contributed by atoms with Crippen molar-refractivity contribution in [2.75, 3.05) is 24.2 Å². The van der Waals surface area contributed by atoms with Crippen molar-refractivity contribution < 1.29 is 51.1 Å². The van der Waals surface area contributed by atoms with Gasteiger partial charge >= 0.3 is 35.7 Å². The third-order valence-electron chi connectivity index (χ3n) is 3.26. The Kier molecular flexibility index (Phi) is 6.61.